The van der Waals surface area contributed by atoms with Crippen LogP contribution >= 0.6 is 27.5 Å². The quantitative estimate of drug-likeness (QED) is 0.722. The smallest absolute Gasteiger partial charge is 0.260 e. The number of likely N-dealkylation sites (tertiary alicyclic amines) is 1. The fraction of sp³-hybridized carbons (Fsp3) is 0.263. The number of benzene rings is 2. The number of rotatable bonds is 4. The third-order valence-corrected chi connectivity index (χ3v) is 5.40. The molecule has 6 heteroatoms. The van der Waals surface area contributed by atoms with Crippen LogP contribution in [0.15, 0.2) is 46.9 Å². The van der Waals surface area contributed by atoms with Gasteiger partial charge in [0, 0.05) is 28.1 Å². The van der Waals surface area contributed by atoms with Crippen LogP contribution in [0, 0.1) is 6.92 Å². The number of nitrogens with zero attached hydrogens (tertiary/aromatic N) is 2. The minimum absolute atomic E-state index is 0.0723. The summed E-state index contributed by atoms with van der Waals surface area (Å²) in [4.78, 5) is 28.5. The van der Waals surface area contributed by atoms with Gasteiger partial charge < -0.3 is 4.90 Å². The highest BCUT2D eigenvalue weighted by Gasteiger charge is 2.27. The highest BCUT2D eigenvalue weighted by molar-refractivity contribution is 9.10. The Balaban J connectivity index is 1.98. The number of aryl methyl sites for hydroxylation is 1. The molecule has 3 rings (SSSR count). The molecule has 130 valence electrons. The number of carbonyl (C=O) groups is 2. The van der Waals surface area contributed by atoms with Gasteiger partial charge in [-0.1, -0.05) is 29.8 Å². The highest BCUT2D eigenvalue weighted by atomic mass is 79.9. The number of carbonyl (C=O) groups excluding carboxylic acids is 2. The SMILES string of the molecule is Cc1ccc(N(CN2CCCC2=O)C(=O)c2ccccc2Br)cc1Cl. The lowest BCUT2D eigenvalue weighted by Crippen LogP contribution is -2.42. The average Bonchev–Trinajstić information content (AvgIpc) is 3.00. The first kappa shape index (κ1) is 18.0. The summed E-state index contributed by atoms with van der Waals surface area (Å²) < 4.78 is 0.718. The molecular formula is C19H18BrClN2O2. The number of anilines is 1. The molecule has 0 unspecified atom stereocenters. The topological polar surface area (TPSA) is 40.6 Å². The van der Waals surface area contributed by atoms with Gasteiger partial charge in [-0.05, 0) is 59.1 Å². The molecule has 0 atom stereocenters. The Bertz CT molecular complexity index is 825. The van der Waals surface area contributed by atoms with Gasteiger partial charge in [0.15, 0.2) is 0 Å². The fourth-order valence-electron chi connectivity index (χ4n) is 2.82. The van der Waals surface area contributed by atoms with Crippen LogP contribution in [0.5, 0.6) is 0 Å². The van der Waals surface area contributed by atoms with Gasteiger partial charge in [-0.15, -0.1) is 0 Å². The monoisotopic (exact) mass is 420 g/mol. The zero-order valence-corrected chi connectivity index (χ0v) is 16.2. The van der Waals surface area contributed by atoms with Gasteiger partial charge in [-0.25, -0.2) is 0 Å². The Morgan fingerprint density at radius 2 is 2.04 bits per heavy atom. The molecule has 4 nitrogen and oxygen atoms in total. The van der Waals surface area contributed by atoms with E-state index in [1.807, 2.05) is 37.3 Å². The summed E-state index contributed by atoms with van der Waals surface area (Å²) in [5.74, 6) is -0.102. The van der Waals surface area contributed by atoms with E-state index in [0.717, 1.165) is 16.5 Å². The molecule has 25 heavy (non-hydrogen) atoms. The summed E-state index contributed by atoms with van der Waals surface area (Å²) in [5.41, 5.74) is 2.16. The zero-order valence-electron chi connectivity index (χ0n) is 13.8. The second-order valence-corrected chi connectivity index (χ2v) is 7.31. The maximum Gasteiger partial charge on any atom is 0.260 e. The Hall–Kier alpha value is -1.85. The summed E-state index contributed by atoms with van der Waals surface area (Å²) in [6, 6.07) is 12.8. The number of halogens is 2. The van der Waals surface area contributed by atoms with E-state index in [2.05, 4.69) is 15.9 Å². The maximum absolute atomic E-state index is 13.2. The van der Waals surface area contributed by atoms with Crippen molar-refractivity contribution in [3.63, 3.8) is 0 Å². The van der Waals surface area contributed by atoms with E-state index in [0.29, 0.717) is 29.2 Å². The number of hydrogen-bond acceptors (Lipinski definition) is 2. The summed E-state index contributed by atoms with van der Waals surface area (Å²) in [6.07, 6.45) is 1.36. The first-order chi connectivity index (χ1) is 12.0. The van der Waals surface area contributed by atoms with Gasteiger partial charge in [-0.3, -0.25) is 14.5 Å². The molecule has 1 fully saturated rings. The second kappa shape index (κ2) is 7.58. The Morgan fingerprint density at radius 3 is 2.68 bits per heavy atom. The largest absolute Gasteiger partial charge is 0.324 e. The van der Waals surface area contributed by atoms with Crippen LogP contribution in [0.1, 0.15) is 28.8 Å². The number of amides is 2. The van der Waals surface area contributed by atoms with Gasteiger partial charge in [0.1, 0.15) is 6.67 Å². The third-order valence-electron chi connectivity index (χ3n) is 4.30. The Morgan fingerprint density at radius 1 is 1.28 bits per heavy atom. The Labute approximate surface area is 160 Å². The molecule has 2 aromatic rings. The first-order valence-corrected chi connectivity index (χ1v) is 9.25. The summed E-state index contributed by atoms with van der Waals surface area (Å²) >= 11 is 9.69. The van der Waals surface area contributed by atoms with E-state index in [-0.39, 0.29) is 18.5 Å². The van der Waals surface area contributed by atoms with Crippen molar-refractivity contribution >= 4 is 45.0 Å². The molecule has 0 saturated carbocycles. The van der Waals surface area contributed by atoms with Crippen molar-refractivity contribution in [2.24, 2.45) is 0 Å². The lowest BCUT2D eigenvalue weighted by Gasteiger charge is -2.28. The van der Waals surface area contributed by atoms with Crippen LogP contribution in [0.3, 0.4) is 0 Å². The summed E-state index contributed by atoms with van der Waals surface area (Å²) in [6.45, 7) is 2.80. The number of hydrogen-bond donors (Lipinski definition) is 0. The van der Waals surface area contributed by atoms with Crippen molar-refractivity contribution in [2.75, 3.05) is 18.1 Å². The van der Waals surface area contributed by atoms with Gasteiger partial charge in [0.2, 0.25) is 5.91 Å². The average molecular weight is 422 g/mol. The lowest BCUT2D eigenvalue weighted by molar-refractivity contribution is -0.127. The van der Waals surface area contributed by atoms with E-state index in [4.69, 9.17) is 11.6 Å². The normalized spacial score (nSPS) is 14.0. The molecule has 1 aliphatic rings. The van der Waals surface area contributed by atoms with Crippen molar-refractivity contribution in [2.45, 2.75) is 19.8 Å². The summed E-state index contributed by atoms with van der Waals surface area (Å²) in [5, 5.41) is 0.593. The molecular weight excluding hydrogens is 404 g/mol. The van der Waals surface area contributed by atoms with Gasteiger partial charge in [0.25, 0.3) is 5.91 Å². The minimum Gasteiger partial charge on any atom is -0.324 e. The molecule has 2 aromatic carbocycles. The van der Waals surface area contributed by atoms with Crippen LogP contribution in [0.4, 0.5) is 5.69 Å². The highest BCUT2D eigenvalue weighted by Crippen LogP contribution is 2.27. The van der Waals surface area contributed by atoms with E-state index in [1.54, 1.807) is 21.9 Å². The van der Waals surface area contributed by atoms with Crippen molar-refractivity contribution < 1.29 is 9.59 Å². The van der Waals surface area contributed by atoms with E-state index < -0.39 is 0 Å². The molecule has 0 radical (unpaired) electrons. The Kier molecular flexibility index (Phi) is 5.45. The molecule has 1 saturated heterocycles. The van der Waals surface area contributed by atoms with Crippen LogP contribution in [-0.2, 0) is 4.79 Å². The third kappa shape index (κ3) is 3.88. The van der Waals surface area contributed by atoms with Gasteiger partial charge in [-0.2, -0.15) is 0 Å². The molecule has 1 heterocycles. The minimum atomic E-state index is -0.174. The van der Waals surface area contributed by atoms with Crippen LogP contribution in [0.25, 0.3) is 0 Å². The predicted molar refractivity (Wildman–Crippen MR) is 103 cm³/mol. The van der Waals surface area contributed by atoms with Crippen molar-refractivity contribution in [1.29, 1.82) is 0 Å². The van der Waals surface area contributed by atoms with E-state index in [1.165, 1.54) is 0 Å². The molecule has 0 aromatic heterocycles. The van der Waals surface area contributed by atoms with Crippen LogP contribution in [0.2, 0.25) is 5.02 Å². The molecule has 1 aliphatic heterocycles. The first-order valence-electron chi connectivity index (χ1n) is 8.07. The predicted octanol–water partition coefficient (Wildman–Crippen LogP) is 4.64. The molecule has 0 aliphatic carbocycles. The molecule has 0 spiro atoms. The van der Waals surface area contributed by atoms with E-state index >= 15 is 0 Å². The lowest BCUT2D eigenvalue weighted by atomic mass is 10.1. The van der Waals surface area contributed by atoms with E-state index in [9.17, 15) is 9.59 Å². The van der Waals surface area contributed by atoms with Crippen LogP contribution in [-0.4, -0.2) is 29.9 Å². The fourth-order valence-corrected chi connectivity index (χ4v) is 3.45. The second-order valence-electron chi connectivity index (χ2n) is 6.05. The zero-order chi connectivity index (χ0) is 18.0. The maximum atomic E-state index is 13.2. The van der Waals surface area contributed by atoms with Gasteiger partial charge >= 0.3 is 0 Å². The van der Waals surface area contributed by atoms with Crippen molar-refractivity contribution in [1.82, 2.24) is 4.90 Å². The van der Waals surface area contributed by atoms with Crippen molar-refractivity contribution in [3.05, 3.63) is 63.1 Å². The molecule has 0 bridgehead atoms. The van der Waals surface area contributed by atoms with Gasteiger partial charge in [0.05, 0.1) is 5.56 Å². The molecule has 2 amide bonds. The van der Waals surface area contributed by atoms with Crippen LogP contribution < -0.4 is 4.90 Å². The summed E-state index contributed by atoms with van der Waals surface area (Å²) in [7, 11) is 0. The molecule has 0 N–H and O–H groups in total. The van der Waals surface area contributed by atoms with Crippen molar-refractivity contribution in [3.8, 4) is 0 Å². The standard InChI is InChI=1S/C19H18BrClN2O2/c1-13-8-9-14(11-17(13)21)23(12-22-10-4-7-18(22)24)19(25)15-5-2-3-6-16(15)20/h2-3,5-6,8-9,11H,4,7,10,12H2,1H3.